The molecule has 0 aliphatic heterocycles. The van der Waals surface area contributed by atoms with Crippen LogP contribution >= 0.6 is 11.6 Å². The Hall–Kier alpha value is -2.61. The van der Waals surface area contributed by atoms with Gasteiger partial charge in [0.05, 0.1) is 18.4 Å². The Balaban J connectivity index is 1.70. The van der Waals surface area contributed by atoms with Crippen molar-refractivity contribution in [3.8, 4) is 0 Å². The third kappa shape index (κ3) is 3.83. The molecule has 0 fully saturated rings. The van der Waals surface area contributed by atoms with Crippen molar-refractivity contribution in [2.24, 2.45) is 0 Å². The fourth-order valence-corrected chi connectivity index (χ4v) is 2.16. The van der Waals surface area contributed by atoms with E-state index in [1.165, 1.54) is 6.20 Å². The molecule has 0 aliphatic carbocycles. The van der Waals surface area contributed by atoms with Gasteiger partial charge in [0, 0.05) is 17.8 Å². The molecule has 3 N–H and O–H groups in total. The molecular formula is C15H18ClN7O. The molecule has 0 radical (unpaired) electrons. The number of aromatic nitrogens is 5. The lowest BCUT2D eigenvalue weighted by Gasteiger charge is -2.07. The van der Waals surface area contributed by atoms with E-state index in [9.17, 15) is 0 Å². The Morgan fingerprint density at radius 1 is 1.33 bits per heavy atom. The molecule has 3 aromatic heterocycles. The molecule has 8 nitrogen and oxygen atoms in total. The van der Waals surface area contributed by atoms with E-state index in [0.717, 1.165) is 11.4 Å². The van der Waals surface area contributed by atoms with E-state index in [0.29, 0.717) is 40.8 Å². The van der Waals surface area contributed by atoms with Gasteiger partial charge in [0.15, 0.2) is 17.4 Å². The van der Waals surface area contributed by atoms with Gasteiger partial charge >= 0.3 is 0 Å². The predicted molar refractivity (Wildman–Crippen MR) is 91.6 cm³/mol. The van der Waals surface area contributed by atoms with Crippen LogP contribution in [-0.4, -0.2) is 25.3 Å². The summed E-state index contributed by atoms with van der Waals surface area (Å²) in [7, 11) is 0. The Bertz CT molecular complexity index is 827. The maximum absolute atomic E-state index is 6.15. The first kappa shape index (κ1) is 16.3. The summed E-state index contributed by atoms with van der Waals surface area (Å²) in [6.07, 6.45) is 1.53. The molecule has 0 bridgehead atoms. The van der Waals surface area contributed by atoms with Crippen molar-refractivity contribution >= 4 is 29.2 Å². The number of nitrogens with one attached hydrogen (secondary N) is 3. The zero-order valence-corrected chi connectivity index (χ0v) is 14.3. The van der Waals surface area contributed by atoms with Crippen LogP contribution in [0.15, 0.2) is 22.9 Å². The molecule has 0 unspecified atom stereocenters. The molecule has 9 heteroatoms. The second-order valence-corrected chi connectivity index (χ2v) is 6.07. The van der Waals surface area contributed by atoms with E-state index in [1.807, 2.05) is 19.1 Å². The lowest BCUT2D eigenvalue weighted by atomic mass is 10.1. The predicted octanol–water partition coefficient (Wildman–Crippen LogP) is 3.63. The van der Waals surface area contributed by atoms with Gasteiger partial charge in [0.1, 0.15) is 5.02 Å². The number of hydrogen-bond acceptors (Lipinski definition) is 7. The summed E-state index contributed by atoms with van der Waals surface area (Å²) in [5.74, 6) is 2.61. The van der Waals surface area contributed by atoms with Crippen molar-refractivity contribution in [2.75, 3.05) is 10.6 Å². The summed E-state index contributed by atoms with van der Waals surface area (Å²) in [5.41, 5.74) is 1.85. The van der Waals surface area contributed by atoms with Crippen LogP contribution in [0, 0.1) is 6.92 Å². The first-order valence-electron chi connectivity index (χ1n) is 7.52. The summed E-state index contributed by atoms with van der Waals surface area (Å²) in [6, 6.07) is 3.77. The number of halogens is 1. The van der Waals surface area contributed by atoms with E-state index in [2.05, 4.69) is 49.8 Å². The van der Waals surface area contributed by atoms with Gasteiger partial charge in [0.2, 0.25) is 5.95 Å². The summed E-state index contributed by atoms with van der Waals surface area (Å²) in [6.45, 7) is 6.47. The lowest BCUT2D eigenvalue weighted by molar-refractivity contribution is 0.384. The van der Waals surface area contributed by atoms with Crippen molar-refractivity contribution in [2.45, 2.75) is 33.2 Å². The van der Waals surface area contributed by atoms with Crippen molar-refractivity contribution < 1.29 is 4.52 Å². The van der Waals surface area contributed by atoms with Gasteiger partial charge in [-0.05, 0) is 12.8 Å². The summed E-state index contributed by atoms with van der Waals surface area (Å²) >= 11 is 6.15. The van der Waals surface area contributed by atoms with Crippen LogP contribution in [0.1, 0.15) is 36.9 Å². The molecule has 3 rings (SSSR count). The third-order valence-electron chi connectivity index (χ3n) is 3.31. The Kier molecular flexibility index (Phi) is 4.66. The molecule has 0 atom stereocenters. The van der Waals surface area contributed by atoms with E-state index >= 15 is 0 Å². The van der Waals surface area contributed by atoms with Crippen LogP contribution in [0.25, 0.3) is 0 Å². The molecule has 0 amide bonds. The van der Waals surface area contributed by atoms with Crippen LogP contribution in [0.4, 0.5) is 17.6 Å². The number of aromatic amines is 1. The number of nitrogens with zero attached hydrogens (tertiary/aromatic N) is 4. The van der Waals surface area contributed by atoms with Crippen molar-refractivity contribution in [1.82, 2.24) is 25.3 Å². The largest absolute Gasteiger partial charge is 0.359 e. The second kappa shape index (κ2) is 6.88. The maximum Gasteiger partial charge on any atom is 0.225 e. The van der Waals surface area contributed by atoms with Gasteiger partial charge in [-0.2, -0.15) is 10.1 Å². The smallest absolute Gasteiger partial charge is 0.225 e. The first-order chi connectivity index (χ1) is 11.5. The van der Waals surface area contributed by atoms with E-state index in [1.54, 1.807) is 0 Å². The number of anilines is 3. The highest BCUT2D eigenvalue weighted by molar-refractivity contribution is 6.32. The average molecular weight is 348 g/mol. The number of aryl methyl sites for hydroxylation is 1. The highest BCUT2D eigenvalue weighted by Crippen LogP contribution is 2.24. The molecular weight excluding hydrogens is 330 g/mol. The molecule has 0 saturated carbocycles. The maximum atomic E-state index is 6.15. The van der Waals surface area contributed by atoms with Crippen LogP contribution in [-0.2, 0) is 6.54 Å². The van der Waals surface area contributed by atoms with E-state index in [-0.39, 0.29) is 0 Å². The summed E-state index contributed by atoms with van der Waals surface area (Å²) < 4.78 is 5.14. The second-order valence-electron chi connectivity index (χ2n) is 5.67. The lowest BCUT2D eigenvalue weighted by Crippen LogP contribution is -2.05. The highest BCUT2D eigenvalue weighted by atomic mass is 35.5. The fourth-order valence-electron chi connectivity index (χ4n) is 2.02. The fraction of sp³-hybridized carbons (Fsp3) is 0.333. The van der Waals surface area contributed by atoms with Gasteiger partial charge < -0.3 is 15.2 Å². The summed E-state index contributed by atoms with van der Waals surface area (Å²) in [5, 5.41) is 17.6. The topological polar surface area (TPSA) is 105 Å². The van der Waals surface area contributed by atoms with E-state index in [4.69, 9.17) is 16.1 Å². The summed E-state index contributed by atoms with van der Waals surface area (Å²) in [4.78, 5) is 8.51. The monoisotopic (exact) mass is 347 g/mol. The average Bonchev–Trinajstić information content (AvgIpc) is 3.17. The minimum absolute atomic E-state index is 0.358. The quantitative estimate of drug-likeness (QED) is 0.625. The Morgan fingerprint density at radius 2 is 2.17 bits per heavy atom. The standard InChI is InChI=1S/C15H18ClN7O/c1-8(2)12-5-13(22-21-12)19-14-11(16)7-18-15(20-14)17-6-10-4-9(3)23-24-10/h4-5,7-8H,6H2,1-3H3,(H3,17,18,19,20,21,22). The van der Waals surface area contributed by atoms with Crippen molar-refractivity contribution in [3.05, 3.63) is 40.5 Å². The van der Waals surface area contributed by atoms with Gasteiger partial charge in [0.25, 0.3) is 0 Å². The minimum Gasteiger partial charge on any atom is -0.359 e. The van der Waals surface area contributed by atoms with Gasteiger partial charge in [-0.15, -0.1) is 0 Å². The highest BCUT2D eigenvalue weighted by Gasteiger charge is 2.10. The minimum atomic E-state index is 0.358. The SMILES string of the molecule is Cc1cc(CNc2ncc(Cl)c(Nc3cc(C(C)C)[nH]n3)n2)on1. The molecule has 0 aliphatic rings. The Labute approximate surface area is 144 Å². The zero-order valence-electron chi connectivity index (χ0n) is 13.6. The van der Waals surface area contributed by atoms with Gasteiger partial charge in [-0.1, -0.05) is 30.6 Å². The van der Waals surface area contributed by atoms with Crippen LogP contribution in [0.2, 0.25) is 5.02 Å². The number of H-pyrrole nitrogens is 1. The normalized spacial score (nSPS) is 11.0. The first-order valence-corrected chi connectivity index (χ1v) is 7.90. The molecule has 24 heavy (non-hydrogen) atoms. The van der Waals surface area contributed by atoms with Crippen LogP contribution in [0.3, 0.4) is 0 Å². The van der Waals surface area contributed by atoms with Gasteiger partial charge in [-0.25, -0.2) is 4.98 Å². The third-order valence-corrected chi connectivity index (χ3v) is 3.58. The van der Waals surface area contributed by atoms with Crippen molar-refractivity contribution in [3.63, 3.8) is 0 Å². The van der Waals surface area contributed by atoms with Crippen LogP contribution < -0.4 is 10.6 Å². The molecule has 3 heterocycles. The molecule has 0 saturated heterocycles. The molecule has 0 spiro atoms. The van der Waals surface area contributed by atoms with Crippen LogP contribution in [0.5, 0.6) is 0 Å². The number of hydrogen-bond donors (Lipinski definition) is 3. The zero-order chi connectivity index (χ0) is 17.1. The molecule has 3 aromatic rings. The molecule has 0 aromatic carbocycles. The number of rotatable bonds is 6. The van der Waals surface area contributed by atoms with Crippen molar-refractivity contribution in [1.29, 1.82) is 0 Å². The van der Waals surface area contributed by atoms with Gasteiger partial charge in [-0.3, -0.25) is 5.10 Å². The van der Waals surface area contributed by atoms with E-state index < -0.39 is 0 Å². The Morgan fingerprint density at radius 3 is 2.83 bits per heavy atom. The molecule has 126 valence electrons.